The van der Waals surface area contributed by atoms with Gasteiger partial charge < -0.3 is 5.73 Å². The summed E-state index contributed by atoms with van der Waals surface area (Å²) in [6.45, 7) is 0. The number of rotatable bonds is 2. The second kappa shape index (κ2) is 5.38. The molecule has 2 N–H and O–H groups in total. The predicted molar refractivity (Wildman–Crippen MR) is 66.7 cm³/mol. The molecular formula is C13H9ClF4N2. The van der Waals surface area contributed by atoms with Gasteiger partial charge in [-0.15, -0.1) is 0 Å². The van der Waals surface area contributed by atoms with E-state index in [4.69, 9.17) is 17.3 Å². The summed E-state index contributed by atoms with van der Waals surface area (Å²) in [7, 11) is 0. The van der Waals surface area contributed by atoms with E-state index in [0.717, 1.165) is 24.5 Å². The van der Waals surface area contributed by atoms with Gasteiger partial charge in [-0.2, -0.15) is 13.2 Å². The fourth-order valence-corrected chi connectivity index (χ4v) is 2.08. The Kier molecular flexibility index (Phi) is 3.96. The molecule has 0 amide bonds. The Bertz CT molecular complexity index is 628. The standard InChI is InChI=1S/C13H9ClF4N2/c14-11-7(2-1-3-10(11)15)12(19)8-6-20-5-4-9(8)13(16,17)18/h1-6,12H,19H2. The van der Waals surface area contributed by atoms with Gasteiger partial charge >= 0.3 is 6.18 Å². The Balaban J connectivity index is 2.55. The van der Waals surface area contributed by atoms with Crippen LogP contribution in [0.3, 0.4) is 0 Å². The zero-order chi connectivity index (χ0) is 14.9. The summed E-state index contributed by atoms with van der Waals surface area (Å²) in [4.78, 5) is 3.64. The van der Waals surface area contributed by atoms with E-state index >= 15 is 0 Å². The SMILES string of the molecule is NC(c1cnccc1C(F)(F)F)c1cccc(F)c1Cl. The van der Waals surface area contributed by atoms with Gasteiger partial charge in [0.1, 0.15) is 5.82 Å². The number of benzene rings is 1. The molecule has 1 heterocycles. The van der Waals surface area contributed by atoms with Crippen LogP contribution >= 0.6 is 11.6 Å². The first-order valence-corrected chi connectivity index (χ1v) is 5.90. The van der Waals surface area contributed by atoms with Gasteiger partial charge in [-0.3, -0.25) is 4.98 Å². The number of aromatic nitrogens is 1. The third kappa shape index (κ3) is 2.76. The average molecular weight is 305 g/mol. The highest BCUT2D eigenvalue weighted by molar-refractivity contribution is 6.31. The van der Waals surface area contributed by atoms with Crippen LogP contribution in [0.25, 0.3) is 0 Å². The number of nitrogens with two attached hydrogens (primary N) is 1. The zero-order valence-corrected chi connectivity index (χ0v) is 10.7. The van der Waals surface area contributed by atoms with Gasteiger partial charge in [0.05, 0.1) is 16.6 Å². The molecule has 0 aliphatic heterocycles. The van der Waals surface area contributed by atoms with Gasteiger partial charge in [0.15, 0.2) is 0 Å². The van der Waals surface area contributed by atoms with E-state index < -0.39 is 23.6 Å². The van der Waals surface area contributed by atoms with E-state index in [2.05, 4.69) is 4.98 Å². The molecule has 0 aliphatic carbocycles. The second-order valence-electron chi connectivity index (χ2n) is 4.08. The van der Waals surface area contributed by atoms with Crippen LogP contribution < -0.4 is 5.73 Å². The maximum atomic E-state index is 13.4. The van der Waals surface area contributed by atoms with Crippen molar-refractivity contribution in [1.29, 1.82) is 0 Å². The summed E-state index contributed by atoms with van der Waals surface area (Å²) in [6, 6.07) is 3.42. The van der Waals surface area contributed by atoms with Crippen molar-refractivity contribution in [2.75, 3.05) is 0 Å². The van der Waals surface area contributed by atoms with Crippen LogP contribution in [-0.2, 0) is 6.18 Å². The molecule has 0 spiro atoms. The van der Waals surface area contributed by atoms with E-state index in [0.29, 0.717) is 0 Å². The van der Waals surface area contributed by atoms with Crippen molar-refractivity contribution in [2.45, 2.75) is 12.2 Å². The van der Waals surface area contributed by atoms with E-state index in [1.165, 1.54) is 12.1 Å². The van der Waals surface area contributed by atoms with Crippen LogP contribution in [0.5, 0.6) is 0 Å². The number of halogens is 5. The van der Waals surface area contributed by atoms with Gasteiger partial charge in [0, 0.05) is 18.0 Å². The number of alkyl halides is 3. The molecular weight excluding hydrogens is 296 g/mol. The zero-order valence-electron chi connectivity index (χ0n) is 9.96. The van der Waals surface area contributed by atoms with Crippen LogP contribution in [0.4, 0.5) is 17.6 Å². The van der Waals surface area contributed by atoms with Gasteiger partial charge in [0.2, 0.25) is 0 Å². The Hall–Kier alpha value is -1.66. The molecule has 1 unspecified atom stereocenters. The number of nitrogens with zero attached hydrogens (tertiary/aromatic N) is 1. The molecule has 106 valence electrons. The van der Waals surface area contributed by atoms with Gasteiger partial charge in [-0.05, 0) is 17.7 Å². The molecule has 0 saturated heterocycles. The number of hydrogen-bond donors (Lipinski definition) is 1. The van der Waals surface area contributed by atoms with Crippen molar-refractivity contribution >= 4 is 11.6 Å². The van der Waals surface area contributed by atoms with Crippen molar-refractivity contribution in [3.63, 3.8) is 0 Å². The van der Waals surface area contributed by atoms with Crippen molar-refractivity contribution < 1.29 is 17.6 Å². The van der Waals surface area contributed by atoms with Crippen LogP contribution in [0.2, 0.25) is 5.02 Å². The first kappa shape index (κ1) is 14.7. The lowest BCUT2D eigenvalue weighted by atomic mass is 9.96. The lowest BCUT2D eigenvalue weighted by Crippen LogP contribution is -2.19. The molecule has 1 aromatic heterocycles. The smallest absolute Gasteiger partial charge is 0.320 e. The average Bonchev–Trinajstić information content (AvgIpc) is 2.40. The highest BCUT2D eigenvalue weighted by atomic mass is 35.5. The van der Waals surface area contributed by atoms with Gasteiger partial charge in [0.25, 0.3) is 0 Å². The normalized spacial score (nSPS) is 13.3. The third-order valence-corrected chi connectivity index (χ3v) is 3.21. The summed E-state index contributed by atoms with van der Waals surface area (Å²) < 4.78 is 52.1. The predicted octanol–water partition coefficient (Wildman–Crippen LogP) is 3.94. The van der Waals surface area contributed by atoms with Crippen molar-refractivity contribution in [3.8, 4) is 0 Å². The molecule has 20 heavy (non-hydrogen) atoms. The molecule has 1 aromatic carbocycles. The molecule has 0 aliphatic rings. The lowest BCUT2D eigenvalue weighted by Gasteiger charge is -2.19. The summed E-state index contributed by atoms with van der Waals surface area (Å²) in [5.74, 6) is -0.739. The summed E-state index contributed by atoms with van der Waals surface area (Å²) in [6.07, 6.45) is -2.54. The third-order valence-electron chi connectivity index (χ3n) is 2.81. The highest BCUT2D eigenvalue weighted by Crippen LogP contribution is 2.36. The van der Waals surface area contributed by atoms with Crippen LogP contribution in [0.15, 0.2) is 36.7 Å². The number of pyridine rings is 1. The van der Waals surface area contributed by atoms with Crippen LogP contribution in [0.1, 0.15) is 22.7 Å². The Morgan fingerprint density at radius 2 is 1.85 bits per heavy atom. The molecule has 2 rings (SSSR count). The van der Waals surface area contributed by atoms with E-state index in [1.807, 2.05) is 0 Å². The van der Waals surface area contributed by atoms with Crippen molar-refractivity contribution in [2.24, 2.45) is 5.73 Å². The first-order valence-electron chi connectivity index (χ1n) is 5.53. The molecule has 0 saturated carbocycles. The molecule has 7 heteroatoms. The van der Waals surface area contributed by atoms with Gasteiger partial charge in [-0.1, -0.05) is 23.7 Å². The first-order chi connectivity index (χ1) is 9.32. The fourth-order valence-electron chi connectivity index (χ4n) is 1.84. The topological polar surface area (TPSA) is 38.9 Å². The minimum Gasteiger partial charge on any atom is -0.320 e. The quantitative estimate of drug-likeness (QED) is 0.854. The minimum atomic E-state index is -4.57. The summed E-state index contributed by atoms with van der Waals surface area (Å²) in [5, 5.41) is -0.294. The Morgan fingerprint density at radius 3 is 2.50 bits per heavy atom. The fraction of sp³-hybridized carbons (Fsp3) is 0.154. The minimum absolute atomic E-state index is 0.0742. The van der Waals surface area contributed by atoms with E-state index in [-0.39, 0.29) is 16.1 Å². The summed E-state index contributed by atoms with van der Waals surface area (Å²) in [5.41, 5.74) is 4.69. The van der Waals surface area contributed by atoms with Crippen molar-refractivity contribution in [1.82, 2.24) is 4.98 Å². The van der Waals surface area contributed by atoms with Crippen molar-refractivity contribution in [3.05, 3.63) is 64.2 Å². The molecule has 0 bridgehead atoms. The lowest BCUT2D eigenvalue weighted by molar-refractivity contribution is -0.138. The second-order valence-corrected chi connectivity index (χ2v) is 4.46. The molecule has 1 atom stereocenters. The molecule has 2 aromatic rings. The Labute approximate surface area is 117 Å². The summed E-state index contributed by atoms with van der Waals surface area (Å²) >= 11 is 5.75. The Morgan fingerprint density at radius 1 is 1.15 bits per heavy atom. The highest BCUT2D eigenvalue weighted by Gasteiger charge is 2.35. The largest absolute Gasteiger partial charge is 0.416 e. The van der Waals surface area contributed by atoms with E-state index in [9.17, 15) is 17.6 Å². The van der Waals surface area contributed by atoms with Crippen LogP contribution in [-0.4, -0.2) is 4.98 Å². The maximum absolute atomic E-state index is 13.4. The maximum Gasteiger partial charge on any atom is 0.416 e. The molecule has 0 fully saturated rings. The van der Waals surface area contributed by atoms with Crippen LogP contribution in [0, 0.1) is 5.82 Å². The number of hydrogen-bond acceptors (Lipinski definition) is 2. The molecule has 0 radical (unpaired) electrons. The van der Waals surface area contributed by atoms with E-state index in [1.54, 1.807) is 0 Å². The van der Waals surface area contributed by atoms with Gasteiger partial charge in [-0.25, -0.2) is 4.39 Å². The monoisotopic (exact) mass is 304 g/mol. The molecule has 2 nitrogen and oxygen atoms in total.